The Kier molecular flexibility index (Phi) is 5.60. The fourth-order valence-electron chi connectivity index (χ4n) is 1.62. The predicted molar refractivity (Wildman–Crippen MR) is 75.2 cm³/mol. The van der Waals surface area contributed by atoms with Crippen LogP contribution >= 0.6 is 23.2 Å². The van der Waals surface area contributed by atoms with Crippen molar-refractivity contribution in [1.82, 2.24) is 10.6 Å². The van der Waals surface area contributed by atoms with Gasteiger partial charge in [0, 0.05) is 16.1 Å². The van der Waals surface area contributed by atoms with E-state index in [0.717, 1.165) is 5.56 Å². The summed E-state index contributed by atoms with van der Waals surface area (Å²) >= 11 is 11.9. The molecule has 0 radical (unpaired) electrons. The molecule has 0 unspecified atom stereocenters. The van der Waals surface area contributed by atoms with Crippen molar-refractivity contribution >= 4 is 35.1 Å². The molecular formula is C12H15Cl2N3O2. The third-order valence-corrected chi connectivity index (χ3v) is 3.13. The van der Waals surface area contributed by atoms with Gasteiger partial charge in [0.2, 0.25) is 5.91 Å². The van der Waals surface area contributed by atoms with Crippen molar-refractivity contribution < 1.29 is 9.59 Å². The number of benzene rings is 1. The van der Waals surface area contributed by atoms with Gasteiger partial charge in [-0.15, -0.1) is 0 Å². The van der Waals surface area contributed by atoms with Crippen LogP contribution in [-0.2, 0) is 4.79 Å². The second-order valence-corrected chi connectivity index (χ2v) is 4.97. The average Bonchev–Trinajstić information content (AvgIpc) is 2.27. The summed E-state index contributed by atoms with van der Waals surface area (Å²) in [5, 5.41) is 6.07. The highest BCUT2D eigenvalue weighted by atomic mass is 35.5. The van der Waals surface area contributed by atoms with Crippen LogP contribution in [0, 0.1) is 0 Å². The number of amides is 3. The van der Waals surface area contributed by atoms with Crippen LogP contribution in [0.15, 0.2) is 18.2 Å². The van der Waals surface area contributed by atoms with Crippen LogP contribution in [0.25, 0.3) is 0 Å². The van der Waals surface area contributed by atoms with Crippen LogP contribution in [0.1, 0.15) is 25.5 Å². The molecule has 19 heavy (non-hydrogen) atoms. The van der Waals surface area contributed by atoms with Crippen molar-refractivity contribution in [2.75, 3.05) is 0 Å². The zero-order valence-electron chi connectivity index (χ0n) is 10.5. The maximum Gasteiger partial charge on any atom is 0.318 e. The molecule has 0 saturated heterocycles. The van der Waals surface area contributed by atoms with Crippen LogP contribution in [0.3, 0.4) is 0 Å². The van der Waals surface area contributed by atoms with Crippen LogP contribution in [-0.4, -0.2) is 18.0 Å². The van der Waals surface area contributed by atoms with Gasteiger partial charge in [0.15, 0.2) is 0 Å². The number of halogens is 2. The van der Waals surface area contributed by atoms with E-state index in [0.29, 0.717) is 10.0 Å². The Hall–Kier alpha value is -1.30. The van der Waals surface area contributed by atoms with Crippen LogP contribution < -0.4 is 16.4 Å². The lowest BCUT2D eigenvalue weighted by Crippen LogP contribution is -2.47. The first-order valence-electron chi connectivity index (χ1n) is 5.62. The topological polar surface area (TPSA) is 84.2 Å². The van der Waals surface area contributed by atoms with Crippen molar-refractivity contribution in [3.63, 3.8) is 0 Å². The average molecular weight is 304 g/mol. The van der Waals surface area contributed by atoms with Gasteiger partial charge in [0.05, 0.1) is 6.04 Å². The molecule has 0 aromatic heterocycles. The van der Waals surface area contributed by atoms with E-state index in [-0.39, 0.29) is 6.04 Å². The highest BCUT2D eigenvalue weighted by Gasteiger charge is 2.18. The quantitative estimate of drug-likeness (QED) is 0.797. The van der Waals surface area contributed by atoms with Gasteiger partial charge in [-0.3, -0.25) is 15.4 Å². The molecule has 1 aromatic carbocycles. The number of primary amides is 1. The summed E-state index contributed by atoms with van der Waals surface area (Å²) in [7, 11) is 0. The number of hydrogen-bond acceptors (Lipinski definition) is 3. The molecule has 4 N–H and O–H groups in total. The number of urea groups is 1. The normalized spacial score (nSPS) is 13.7. The second kappa shape index (κ2) is 6.75. The second-order valence-electron chi connectivity index (χ2n) is 4.13. The summed E-state index contributed by atoms with van der Waals surface area (Å²) in [6, 6.07) is 3.48. The van der Waals surface area contributed by atoms with Gasteiger partial charge in [-0.2, -0.15) is 0 Å². The number of imide groups is 1. The fourth-order valence-corrected chi connectivity index (χ4v) is 2.19. The van der Waals surface area contributed by atoms with Gasteiger partial charge in [0.25, 0.3) is 0 Å². The van der Waals surface area contributed by atoms with Gasteiger partial charge in [-0.05, 0) is 31.5 Å². The summed E-state index contributed by atoms with van der Waals surface area (Å²) in [4.78, 5) is 22.1. The maximum absolute atomic E-state index is 11.5. The fraction of sp³-hybridized carbons (Fsp3) is 0.333. The van der Waals surface area contributed by atoms with E-state index < -0.39 is 18.0 Å². The van der Waals surface area contributed by atoms with E-state index in [1.54, 1.807) is 25.1 Å². The Bertz CT molecular complexity index is 494. The van der Waals surface area contributed by atoms with Gasteiger partial charge in [0.1, 0.15) is 0 Å². The van der Waals surface area contributed by atoms with Crippen molar-refractivity contribution in [2.45, 2.75) is 25.9 Å². The van der Waals surface area contributed by atoms with Gasteiger partial charge in [-0.1, -0.05) is 29.3 Å². The minimum Gasteiger partial charge on any atom is -0.351 e. The van der Waals surface area contributed by atoms with Crippen molar-refractivity contribution in [3.8, 4) is 0 Å². The molecule has 104 valence electrons. The first-order chi connectivity index (χ1) is 8.81. The number of carbonyl (C=O) groups excluding carboxylic acids is 2. The lowest BCUT2D eigenvalue weighted by atomic mass is 10.1. The Morgan fingerprint density at radius 2 is 1.89 bits per heavy atom. The summed E-state index contributed by atoms with van der Waals surface area (Å²) in [6.45, 7) is 3.47. The van der Waals surface area contributed by atoms with Gasteiger partial charge >= 0.3 is 6.03 Å². The van der Waals surface area contributed by atoms with Crippen molar-refractivity contribution in [2.24, 2.45) is 5.73 Å². The molecule has 1 rings (SSSR count). The molecule has 7 heteroatoms. The standard InChI is InChI=1S/C12H15Cl2N3O2/c1-6(9-4-3-8(13)5-10(9)14)16-7(2)11(18)17-12(15)19/h3-7,16H,1-2H3,(H3,15,17,18,19)/t6-,7+/m0/s1. The van der Waals surface area contributed by atoms with E-state index >= 15 is 0 Å². The first-order valence-corrected chi connectivity index (χ1v) is 6.38. The summed E-state index contributed by atoms with van der Waals surface area (Å²) in [6.07, 6.45) is 0. The van der Waals surface area contributed by atoms with E-state index in [2.05, 4.69) is 5.32 Å². The summed E-state index contributed by atoms with van der Waals surface area (Å²) in [5.41, 5.74) is 5.69. The zero-order valence-corrected chi connectivity index (χ0v) is 12.0. The van der Waals surface area contributed by atoms with Gasteiger partial charge < -0.3 is 5.73 Å². The SMILES string of the molecule is C[C@H](N[C@H](C)C(=O)NC(N)=O)c1ccc(Cl)cc1Cl. The van der Waals surface area contributed by atoms with Gasteiger partial charge in [-0.25, -0.2) is 4.79 Å². The predicted octanol–water partition coefficient (Wildman–Crippen LogP) is 2.23. The van der Waals surface area contributed by atoms with Crippen LogP contribution in [0.4, 0.5) is 4.79 Å². The Balaban J connectivity index is 2.71. The highest BCUT2D eigenvalue weighted by molar-refractivity contribution is 6.35. The monoisotopic (exact) mass is 303 g/mol. The maximum atomic E-state index is 11.5. The molecular weight excluding hydrogens is 289 g/mol. The molecule has 3 amide bonds. The number of hydrogen-bond donors (Lipinski definition) is 3. The molecule has 2 atom stereocenters. The number of carbonyl (C=O) groups is 2. The minimum atomic E-state index is -0.879. The number of nitrogens with one attached hydrogen (secondary N) is 2. The van der Waals surface area contributed by atoms with E-state index in [9.17, 15) is 9.59 Å². The van der Waals surface area contributed by atoms with Crippen molar-refractivity contribution in [1.29, 1.82) is 0 Å². The third-order valence-electron chi connectivity index (χ3n) is 2.57. The Morgan fingerprint density at radius 3 is 2.42 bits per heavy atom. The van der Waals surface area contributed by atoms with Crippen LogP contribution in [0.5, 0.6) is 0 Å². The van der Waals surface area contributed by atoms with E-state index in [4.69, 9.17) is 28.9 Å². The number of nitrogens with two attached hydrogens (primary N) is 1. The largest absolute Gasteiger partial charge is 0.351 e. The molecule has 0 spiro atoms. The number of rotatable bonds is 4. The lowest BCUT2D eigenvalue weighted by Gasteiger charge is -2.20. The lowest BCUT2D eigenvalue weighted by molar-refractivity contribution is -0.121. The Morgan fingerprint density at radius 1 is 1.26 bits per heavy atom. The highest BCUT2D eigenvalue weighted by Crippen LogP contribution is 2.26. The minimum absolute atomic E-state index is 0.182. The van der Waals surface area contributed by atoms with E-state index in [1.165, 1.54) is 0 Å². The smallest absolute Gasteiger partial charge is 0.318 e. The molecule has 0 aliphatic heterocycles. The molecule has 0 heterocycles. The van der Waals surface area contributed by atoms with E-state index in [1.807, 2.05) is 12.2 Å². The summed E-state index contributed by atoms with van der Waals surface area (Å²) in [5.74, 6) is -0.496. The third kappa shape index (κ3) is 4.70. The molecule has 0 aliphatic carbocycles. The Labute approximate surface area is 121 Å². The van der Waals surface area contributed by atoms with Crippen molar-refractivity contribution in [3.05, 3.63) is 33.8 Å². The molecule has 0 saturated carbocycles. The molecule has 5 nitrogen and oxygen atoms in total. The molecule has 0 aliphatic rings. The summed E-state index contributed by atoms with van der Waals surface area (Å²) < 4.78 is 0. The zero-order chi connectivity index (χ0) is 14.6. The van der Waals surface area contributed by atoms with Crippen LogP contribution in [0.2, 0.25) is 10.0 Å². The molecule has 1 aromatic rings. The molecule has 0 fully saturated rings. The molecule has 0 bridgehead atoms. The first kappa shape index (κ1) is 15.8.